The first kappa shape index (κ1) is 18.7. The van der Waals surface area contributed by atoms with Crippen LogP contribution in [-0.2, 0) is 0 Å². The molecule has 9 heteroatoms. The second-order valence-corrected chi connectivity index (χ2v) is 6.53. The SMILES string of the molecule is CSc1cccc(NC(=O)NCCNc2cc(-n3cccn3)nc(C)n2)c1. The van der Waals surface area contributed by atoms with Gasteiger partial charge >= 0.3 is 6.03 Å². The van der Waals surface area contributed by atoms with E-state index in [1.165, 1.54) is 0 Å². The lowest BCUT2D eigenvalue weighted by Crippen LogP contribution is -2.32. The van der Waals surface area contributed by atoms with Gasteiger partial charge in [0.15, 0.2) is 5.82 Å². The lowest BCUT2D eigenvalue weighted by molar-refractivity contribution is 0.252. The average molecular weight is 383 g/mol. The Hall–Kier alpha value is -3.07. The van der Waals surface area contributed by atoms with Crippen LogP contribution in [0.1, 0.15) is 5.82 Å². The summed E-state index contributed by atoms with van der Waals surface area (Å²) in [7, 11) is 0. The Labute approximate surface area is 161 Å². The molecule has 0 atom stereocenters. The summed E-state index contributed by atoms with van der Waals surface area (Å²) in [4.78, 5) is 21.8. The van der Waals surface area contributed by atoms with E-state index in [1.54, 1.807) is 22.6 Å². The van der Waals surface area contributed by atoms with E-state index in [0.717, 1.165) is 10.6 Å². The van der Waals surface area contributed by atoms with Gasteiger partial charge in [0.1, 0.15) is 11.6 Å². The van der Waals surface area contributed by atoms with Gasteiger partial charge in [-0.05, 0) is 37.4 Å². The Morgan fingerprint density at radius 1 is 1.19 bits per heavy atom. The third kappa shape index (κ3) is 5.45. The molecule has 0 aliphatic carbocycles. The number of carbonyl (C=O) groups is 1. The standard InChI is InChI=1S/C18H21N7OS/c1-13-22-16(12-17(23-13)25-10-4-7-21-25)19-8-9-20-18(26)24-14-5-3-6-15(11-14)27-2/h3-7,10-12H,8-9H2,1-2H3,(H,19,22,23)(H2,20,24,26). The van der Waals surface area contributed by atoms with Crippen molar-refractivity contribution in [3.63, 3.8) is 0 Å². The van der Waals surface area contributed by atoms with Gasteiger partial charge in [-0.1, -0.05) is 6.07 Å². The number of anilines is 2. The van der Waals surface area contributed by atoms with Crippen LogP contribution in [0.15, 0.2) is 53.7 Å². The minimum absolute atomic E-state index is 0.244. The van der Waals surface area contributed by atoms with Gasteiger partial charge in [0, 0.05) is 42.1 Å². The molecule has 3 rings (SSSR count). The first-order chi connectivity index (χ1) is 13.1. The zero-order chi connectivity index (χ0) is 19.1. The lowest BCUT2D eigenvalue weighted by Gasteiger charge is -2.10. The van der Waals surface area contributed by atoms with E-state index in [9.17, 15) is 4.79 Å². The summed E-state index contributed by atoms with van der Waals surface area (Å²) in [5.41, 5.74) is 0.766. The van der Waals surface area contributed by atoms with Gasteiger partial charge in [0.05, 0.1) is 0 Å². The predicted octanol–water partition coefficient (Wildman–Crippen LogP) is 2.93. The molecule has 0 aliphatic heterocycles. The van der Waals surface area contributed by atoms with Crippen molar-refractivity contribution in [3.8, 4) is 5.82 Å². The topological polar surface area (TPSA) is 96.8 Å². The molecule has 0 spiro atoms. The maximum absolute atomic E-state index is 12.0. The Morgan fingerprint density at radius 3 is 2.85 bits per heavy atom. The maximum atomic E-state index is 12.0. The van der Waals surface area contributed by atoms with Crippen molar-refractivity contribution in [2.75, 3.05) is 30.0 Å². The van der Waals surface area contributed by atoms with Crippen LogP contribution < -0.4 is 16.0 Å². The molecule has 0 aliphatic rings. The number of aromatic nitrogens is 4. The highest BCUT2D eigenvalue weighted by Crippen LogP contribution is 2.18. The Morgan fingerprint density at radius 2 is 2.07 bits per heavy atom. The van der Waals surface area contributed by atoms with E-state index in [4.69, 9.17) is 0 Å². The summed E-state index contributed by atoms with van der Waals surface area (Å²) in [6.45, 7) is 2.81. The minimum Gasteiger partial charge on any atom is -0.368 e. The maximum Gasteiger partial charge on any atom is 0.319 e. The molecule has 140 valence electrons. The van der Waals surface area contributed by atoms with Crippen molar-refractivity contribution in [3.05, 3.63) is 54.6 Å². The Kier molecular flexibility index (Phi) is 6.26. The van der Waals surface area contributed by atoms with Crippen molar-refractivity contribution in [1.29, 1.82) is 0 Å². The summed E-state index contributed by atoms with van der Waals surface area (Å²) >= 11 is 1.63. The molecule has 1 aromatic carbocycles. The van der Waals surface area contributed by atoms with Crippen molar-refractivity contribution >= 4 is 29.3 Å². The number of hydrogen-bond acceptors (Lipinski definition) is 6. The fourth-order valence-corrected chi connectivity index (χ4v) is 2.87. The molecule has 0 saturated carbocycles. The first-order valence-electron chi connectivity index (χ1n) is 8.42. The third-order valence-electron chi connectivity index (χ3n) is 3.61. The highest BCUT2D eigenvalue weighted by Gasteiger charge is 2.05. The third-order valence-corrected chi connectivity index (χ3v) is 4.33. The minimum atomic E-state index is -0.244. The summed E-state index contributed by atoms with van der Waals surface area (Å²) in [5.74, 6) is 2.02. The number of hydrogen-bond donors (Lipinski definition) is 3. The van der Waals surface area contributed by atoms with Gasteiger partial charge in [0.2, 0.25) is 0 Å². The molecule has 0 bridgehead atoms. The van der Waals surface area contributed by atoms with E-state index in [0.29, 0.717) is 30.5 Å². The number of benzene rings is 1. The molecule has 2 aromatic heterocycles. The van der Waals surface area contributed by atoms with E-state index in [1.807, 2.05) is 55.8 Å². The zero-order valence-corrected chi connectivity index (χ0v) is 16.0. The van der Waals surface area contributed by atoms with Gasteiger partial charge in [-0.15, -0.1) is 11.8 Å². The Bertz CT molecular complexity index is 898. The molecule has 0 unspecified atom stereocenters. The number of carbonyl (C=O) groups excluding carboxylic acids is 1. The smallest absolute Gasteiger partial charge is 0.319 e. The number of thioether (sulfide) groups is 1. The number of aryl methyl sites for hydroxylation is 1. The monoisotopic (exact) mass is 383 g/mol. The average Bonchev–Trinajstić information content (AvgIpc) is 3.20. The zero-order valence-electron chi connectivity index (χ0n) is 15.1. The van der Waals surface area contributed by atoms with Crippen molar-refractivity contribution in [2.45, 2.75) is 11.8 Å². The van der Waals surface area contributed by atoms with Crippen LogP contribution in [0, 0.1) is 6.92 Å². The molecule has 2 heterocycles. The summed E-state index contributed by atoms with van der Waals surface area (Å²) in [6.07, 6.45) is 5.52. The summed E-state index contributed by atoms with van der Waals surface area (Å²) < 4.78 is 1.67. The molecule has 3 N–H and O–H groups in total. The first-order valence-corrected chi connectivity index (χ1v) is 9.65. The molecule has 27 heavy (non-hydrogen) atoms. The number of nitrogens with zero attached hydrogens (tertiary/aromatic N) is 4. The van der Waals surface area contributed by atoms with E-state index in [2.05, 4.69) is 31.0 Å². The molecule has 3 aromatic rings. The highest BCUT2D eigenvalue weighted by molar-refractivity contribution is 7.98. The van der Waals surface area contributed by atoms with Crippen LogP contribution in [-0.4, -0.2) is 45.1 Å². The molecule has 0 fully saturated rings. The lowest BCUT2D eigenvalue weighted by atomic mass is 10.3. The van der Waals surface area contributed by atoms with Crippen LogP contribution in [0.5, 0.6) is 0 Å². The van der Waals surface area contributed by atoms with Gasteiger partial charge in [-0.25, -0.2) is 19.4 Å². The molecule has 2 amide bonds. The Balaban J connectivity index is 1.48. The van der Waals surface area contributed by atoms with Crippen LogP contribution in [0.4, 0.5) is 16.3 Å². The number of urea groups is 1. The fraction of sp³-hybridized carbons (Fsp3) is 0.222. The van der Waals surface area contributed by atoms with Crippen molar-refractivity contribution in [2.24, 2.45) is 0 Å². The molecule has 8 nitrogen and oxygen atoms in total. The largest absolute Gasteiger partial charge is 0.368 e. The fourth-order valence-electron chi connectivity index (χ4n) is 2.41. The second-order valence-electron chi connectivity index (χ2n) is 5.65. The quantitative estimate of drug-likeness (QED) is 0.429. The van der Waals surface area contributed by atoms with Crippen molar-refractivity contribution in [1.82, 2.24) is 25.1 Å². The number of rotatable bonds is 7. The molecule has 0 radical (unpaired) electrons. The molecule has 0 saturated heterocycles. The van der Waals surface area contributed by atoms with Crippen LogP contribution in [0.25, 0.3) is 5.82 Å². The van der Waals surface area contributed by atoms with Crippen LogP contribution >= 0.6 is 11.8 Å². The van der Waals surface area contributed by atoms with E-state index >= 15 is 0 Å². The normalized spacial score (nSPS) is 10.4. The van der Waals surface area contributed by atoms with Gasteiger partial charge in [0.25, 0.3) is 0 Å². The van der Waals surface area contributed by atoms with Crippen LogP contribution in [0.2, 0.25) is 0 Å². The predicted molar refractivity (Wildman–Crippen MR) is 108 cm³/mol. The molecular formula is C18H21N7OS. The second kappa shape index (κ2) is 9.04. The number of nitrogens with one attached hydrogen (secondary N) is 3. The van der Waals surface area contributed by atoms with E-state index in [-0.39, 0.29) is 6.03 Å². The van der Waals surface area contributed by atoms with Gasteiger partial charge in [-0.3, -0.25) is 0 Å². The van der Waals surface area contributed by atoms with E-state index < -0.39 is 0 Å². The molecular weight excluding hydrogens is 362 g/mol. The highest BCUT2D eigenvalue weighted by atomic mass is 32.2. The van der Waals surface area contributed by atoms with Crippen LogP contribution in [0.3, 0.4) is 0 Å². The van der Waals surface area contributed by atoms with Crippen molar-refractivity contribution < 1.29 is 4.79 Å². The summed E-state index contributed by atoms with van der Waals surface area (Å²) in [5, 5.41) is 13.0. The number of amides is 2. The van der Waals surface area contributed by atoms with Gasteiger partial charge in [-0.2, -0.15) is 5.10 Å². The van der Waals surface area contributed by atoms with Gasteiger partial charge < -0.3 is 16.0 Å². The summed E-state index contributed by atoms with van der Waals surface area (Å²) in [6, 6.07) is 11.1.